The van der Waals surface area contributed by atoms with Crippen molar-refractivity contribution < 1.29 is 17.5 Å². The van der Waals surface area contributed by atoms with Crippen LogP contribution < -0.4 is 4.72 Å². The zero-order chi connectivity index (χ0) is 19.9. The second kappa shape index (κ2) is 7.22. The van der Waals surface area contributed by atoms with Crippen molar-refractivity contribution in [2.75, 3.05) is 26.3 Å². The summed E-state index contributed by atoms with van der Waals surface area (Å²) in [6.07, 6.45) is 3.09. The molecule has 0 bridgehead atoms. The third-order valence-electron chi connectivity index (χ3n) is 5.33. The van der Waals surface area contributed by atoms with Crippen LogP contribution in [0.4, 0.5) is 4.39 Å². The molecule has 2 aliphatic rings. The van der Waals surface area contributed by atoms with Gasteiger partial charge < -0.3 is 4.74 Å². The maximum atomic E-state index is 13.7. The van der Waals surface area contributed by atoms with Crippen LogP contribution in [0.2, 0.25) is 0 Å². The molecule has 1 unspecified atom stereocenters. The molecule has 0 radical (unpaired) electrons. The Hall–Kier alpha value is -1.81. The molecule has 1 aromatic heterocycles. The van der Waals surface area contributed by atoms with Crippen LogP contribution in [0.3, 0.4) is 0 Å². The number of morpholine rings is 1. The monoisotopic (exact) mass is 408 g/mol. The molecule has 4 rings (SSSR count). The van der Waals surface area contributed by atoms with E-state index >= 15 is 0 Å². The lowest BCUT2D eigenvalue weighted by atomic mass is 9.74. The van der Waals surface area contributed by atoms with Crippen LogP contribution in [0.25, 0.3) is 5.69 Å². The van der Waals surface area contributed by atoms with Crippen molar-refractivity contribution in [2.45, 2.75) is 32.7 Å². The van der Waals surface area contributed by atoms with E-state index < -0.39 is 10.2 Å². The van der Waals surface area contributed by atoms with Gasteiger partial charge in [0, 0.05) is 24.3 Å². The Labute approximate surface area is 164 Å². The van der Waals surface area contributed by atoms with Gasteiger partial charge >= 0.3 is 0 Å². The summed E-state index contributed by atoms with van der Waals surface area (Å²) in [5.74, 6) is -0.332. The van der Waals surface area contributed by atoms with Crippen molar-refractivity contribution in [2.24, 2.45) is 5.41 Å². The molecule has 2 heterocycles. The standard InChI is InChI=1S/C19H25FN4O3S/c1-19(2)11-17(22-28(25,26)23-6-8-27-9-7-23)16-13-21-24(18(16)12-19)15-5-3-4-14(20)10-15/h3-5,10,13,17,22H,6-9,11-12H2,1-2H3. The number of hydrogen-bond acceptors (Lipinski definition) is 4. The van der Waals surface area contributed by atoms with Gasteiger partial charge in [-0.3, -0.25) is 0 Å². The van der Waals surface area contributed by atoms with Gasteiger partial charge in [0.15, 0.2) is 0 Å². The fourth-order valence-corrected chi connectivity index (χ4v) is 5.37. The summed E-state index contributed by atoms with van der Waals surface area (Å²) in [6, 6.07) is 5.88. The van der Waals surface area contributed by atoms with Crippen LogP contribution in [0.1, 0.15) is 37.6 Å². The highest BCUT2D eigenvalue weighted by Gasteiger charge is 2.38. The summed E-state index contributed by atoms with van der Waals surface area (Å²) >= 11 is 0. The zero-order valence-corrected chi connectivity index (χ0v) is 16.9. The van der Waals surface area contributed by atoms with Gasteiger partial charge in [-0.2, -0.15) is 22.5 Å². The number of benzene rings is 1. The first-order chi connectivity index (χ1) is 13.3. The molecular weight excluding hydrogens is 383 g/mol. The number of aromatic nitrogens is 2. The first kappa shape index (κ1) is 19.5. The van der Waals surface area contributed by atoms with Crippen molar-refractivity contribution in [1.29, 1.82) is 0 Å². The van der Waals surface area contributed by atoms with Crippen LogP contribution in [0.15, 0.2) is 30.5 Å². The van der Waals surface area contributed by atoms with Gasteiger partial charge in [0.25, 0.3) is 10.2 Å². The molecule has 1 aromatic carbocycles. The van der Waals surface area contributed by atoms with Crippen LogP contribution >= 0.6 is 0 Å². The highest BCUT2D eigenvalue weighted by Crippen LogP contribution is 2.41. The van der Waals surface area contributed by atoms with Crippen LogP contribution in [-0.4, -0.2) is 48.8 Å². The van der Waals surface area contributed by atoms with Gasteiger partial charge in [-0.15, -0.1) is 0 Å². The quantitative estimate of drug-likeness (QED) is 0.841. The molecule has 0 spiro atoms. The van der Waals surface area contributed by atoms with E-state index in [-0.39, 0.29) is 17.3 Å². The number of nitrogens with zero attached hydrogens (tertiary/aromatic N) is 3. The smallest absolute Gasteiger partial charge is 0.280 e. The fourth-order valence-electron chi connectivity index (χ4n) is 4.02. The van der Waals surface area contributed by atoms with Crippen molar-refractivity contribution in [3.8, 4) is 5.69 Å². The average molecular weight is 408 g/mol. The molecule has 1 aliphatic heterocycles. The number of rotatable bonds is 4. The number of ether oxygens (including phenoxy) is 1. The minimum absolute atomic E-state index is 0.129. The maximum absolute atomic E-state index is 13.7. The van der Waals surface area contributed by atoms with E-state index in [2.05, 4.69) is 23.7 Å². The van der Waals surface area contributed by atoms with Gasteiger partial charge in [-0.05, 0) is 36.5 Å². The van der Waals surface area contributed by atoms with E-state index in [4.69, 9.17) is 4.74 Å². The summed E-state index contributed by atoms with van der Waals surface area (Å²) < 4.78 is 50.7. The SMILES string of the molecule is CC1(C)Cc2c(cnn2-c2cccc(F)c2)C(NS(=O)(=O)N2CCOCC2)C1. The van der Waals surface area contributed by atoms with E-state index in [1.807, 2.05) is 0 Å². The average Bonchev–Trinajstić information content (AvgIpc) is 3.05. The minimum Gasteiger partial charge on any atom is -0.379 e. The van der Waals surface area contributed by atoms with Gasteiger partial charge in [-0.25, -0.2) is 9.07 Å². The lowest BCUT2D eigenvalue weighted by Crippen LogP contribution is -2.48. The number of hydrogen-bond donors (Lipinski definition) is 1. The van der Waals surface area contributed by atoms with Crippen molar-refractivity contribution in [1.82, 2.24) is 18.8 Å². The van der Waals surface area contributed by atoms with E-state index in [1.165, 1.54) is 16.4 Å². The third kappa shape index (κ3) is 3.84. The van der Waals surface area contributed by atoms with Gasteiger partial charge in [0.2, 0.25) is 0 Å². The van der Waals surface area contributed by atoms with Crippen LogP contribution in [0, 0.1) is 11.2 Å². The maximum Gasteiger partial charge on any atom is 0.280 e. The summed E-state index contributed by atoms with van der Waals surface area (Å²) in [4.78, 5) is 0. The van der Waals surface area contributed by atoms with E-state index in [1.54, 1.807) is 23.0 Å². The molecule has 1 N–H and O–H groups in total. The Morgan fingerprint density at radius 1 is 1.29 bits per heavy atom. The second-order valence-electron chi connectivity index (χ2n) is 8.17. The first-order valence-corrected chi connectivity index (χ1v) is 10.9. The van der Waals surface area contributed by atoms with E-state index in [0.717, 1.165) is 17.7 Å². The molecule has 0 amide bonds. The molecule has 1 saturated heterocycles. The molecule has 7 nitrogen and oxygen atoms in total. The second-order valence-corrected chi connectivity index (χ2v) is 9.87. The largest absolute Gasteiger partial charge is 0.379 e. The lowest BCUT2D eigenvalue weighted by molar-refractivity contribution is 0.0721. The lowest BCUT2D eigenvalue weighted by Gasteiger charge is -2.37. The van der Waals surface area contributed by atoms with Crippen LogP contribution in [-0.2, 0) is 21.4 Å². The predicted molar refractivity (Wildman–Crippen MR) is 103 cm³/mol. The van der Waals surface area contributed by atoms with Crippen molar-refractivity contribution in [3.05, 3.63) is 47.5 Å². The molecule has 1 atom stereocenters. The van der Waals surface area contributed by atoms with Gasteiger partial charge in [-0.1, -0.05) is 19.9 Å². The van der Waals surface area contributed by atoms with Gasteiger partial charge in [0.1, 0.15) is 5.82 Å². The minimum atomic E-state index is -3.63. The predicted octanol–water partition coefficient (Wildman–Crippen LogP) is 2.19. The molecule has 1 fully saturated rings. The number of fused-ring (bicyclic) bond motifs is 1. The third-order valence-corrected chi connectivity index (χ3v) is 6.96. The summed E-state index contributed by atoms with van der Waals surface area (Å²) in [7, 11) is -3.63. The highest BCUT2D eigenvalue weighted by molar-refractivity contribution is 7.87. The molecule has 9 heteroatoms. The first-order valence-electron chi connectivity index (χ1n) is 9.43. The Morgan fingerprint density at radius 2 is 2.04 bits per heavy atom. The molecular formula is C19H25FN4O3S. The topological polar surface area (TPSA) is 76.5 Å². The Morgan fingerprint density at radius 3 is 2.75 bits per heavy atom. The van der Waals surface area contributed by atoms with Crippen molar-refractivity contribution in [3.63, 3.8) is 0 Å². The molecule has 28 heavy (non-hydrogen) atoms. The Bertz CT molecular complexity index is 967. The van der Waals surface area contributed by atoms with E-state index in [0.29, 0.717) is 38.4 Å². The van der Waals surface area contributed by atoms with E-state index in [9.17, 15) is 12.8 Å². The number of halogens is 1. The summed E-state index contributed by atoms with van der Waals surface area (Å²) in [5, 5.41) is 4.45. The molecule has 1 aliphatic carbocycles. The zero-order valence-electron chi connectivity index (χ0n) is 16.1. The molecule has 0 saturated carbocycles. The van der Waals surface area contributed by atoms with Crippen molar-refractivity contribution >= 4 is 10.2 Å². The van der Waals surface area contributed by atoms with Gasteiger partial charge in [0.05, 0.1) is 31.1 Å². The summed E-state index contributed by atoms with van der Waals surface area (Å²) in [5.41, 5.74) is 2.27. The normalized spacial score (nSPS) is 22.8. The number of nitrogens with one attached hydrogen (secondary N) is 1. The molecule has 2 aromatic rings. The Kier molecular flexibility index (Phi) is 5.03. The molecule has 152 valence electrons. The summed E-state index contributed by atoms with van der Waals surface area (Å²) in [6.45, 7) is 5.71. The Balaban J connectivity index is 1.68. The fraction of sp³-hybridized carbons (Fsp3) is 0.526. The van der Waals surface area contributed by atoms with Crippen LogP contribution in [0.5, 0.6) is 0 Å². The highest BCUT2D eigenvalue weighted by atomic mass is 32.2.